The third-order valence-electron chi connectivity index (χ3n) is 7.74. The van der Waals surface area contributed by atoms with Gasteiger partial charge in [-0.1, -0.05) is 129 Å². The van der Waals surface area contributed by atoms with Crippen LogP contribution in [-0.4, -0.2) is 12.6 Å². The monoisotopic (exact) mass is 558 g/mol. The number of hydrogen-bond acceptors (Lipinski definition) is 4. The molecule has 0 atom stereocenters. The molecule has 0 spiro atoms. The third-order valence-corrected chi connectivity index (χ3v) is 10.1. The first-order chi connectivity index (χ1) is 18.7. The van der Waals surface area contributed by atoms with Gasteiger partial charge in [-0.05, 0) is 48.9 Å². The molecule has 0 aliphatic heterocycles. The largest absolute Gasteiger partial charge is 0.297 e. The van der Waals surface area contributed by atoms with Crippen LogP contribution in [0.5, 0.6) is 0 Å². The molecule has 0 saturated carbocycles. The van der Waals surface area contributed by atoms with E-state index in [0.29, 0.717) is 0 Å². The second-order valence-corrected chi connectivity index (χ2v) is 13.3. The standard InChI is InChI=1S/C34H54O2S2/c1-3-5-7-9-11-13-15-17-19-21-23-29-25-31(37-33(29)27-35)32-26-30(34(28-36)38-32)24-22-20-18-16-14-12-10-8-6-4-2/h25-28H,3-24H2,1-2H3. The summed E-state index contributed by atoms with van der Waals surface area (Å²) in [5, 5.41) is 0. The summed E-state index contributed by atoms with van der Waals surface area (Å²) in [5.74, 6) is 0. The van der Waals surface area contributed by atoms with Gasteiger partial charge in [0.05, 0.1) is 9.75 Å². The van der Waals surface area contributed by atoms with Crippen molar-refractivity contribution in [3.63, 3.8) is 0 Å². The predicted octanol–water partition coefficient (Wildman–Crippen LogP) is 12.0. The normalized spacial score (nSPS) is 11.3. The second kappa shape index (κ2) is 21.5. The maximum atomic E-state index is 11.8. The number of unbranched alkanes of at least 4 members (excludes halogenated alkanes) is 18. The minimum absolute atomic E-state index is 0.869. The highest BCUT2D eigenvalue weighted by atomic mass is 32.1. The van der Waals surface area contributed by atoms with Gasteiger partial charge in [0.25, 0.3) is 0 Å². The van der Waals surface area contributed by atoms with E-state index in [1.54, 1.807) is 22.7 Å². The zero-order chi connectivity index (χ0) is 27.3. The number of carbonyl (C=O) groups excluding carboxylic acids is 2. The van der Waals surface area contributed by atoms with Crippen molar-refractivity contribution in [2.45, 2.75) is 155 Å². The molecule has 0 amide bonds. The molecule has 0 aliphatic carbocycles. The Kier molecular flexibility index (Phi) is 18.7. The lowest BCUT2D eigenvalue weighted by Gasteiger charge is -2.02. The van der Waals surface area contributed by atoms with Crippen molar-refractivity contribution in [2.24, 2.45) is 0 Å². The summed E-state index contributed by atoms with van der Waals surface area (Å²) >= 11 is 3.19. The molecule has 0 aromatic carbocycles. The van der Waals surface area contributed by atoms with E-state index in [1.165, 1.54) is 127 Å². The number of aryl methyl sites for hydroxylation is 2. The SMILES string of the molecule is CCCCCCCCCCCCc1cc(-c2cc(CCCCCCCCCCCC)c(C=O)s2)sc1C=O. The van der Waals surface area contributed by atoms with Crippen LogP contribution in [0, 0.1) is 0 Å². The maximum Gasteiger partial charge on any atom is 0.160 e. The van der Waals surface area contributed by atoms with Gasteiger partial charge < -0.3 is 0 Å². The summed E-state index contributed by atoms with van der Waals surface area (Å²) in [7, 11) is 0. The highest BCUT2D eigenvalue weighted by molar-refractivity contribution is 7.23. The summed E-state index contributed by atoms with van der Waals surface area (Å²) in [6, 6.07) is 4.43. The quantitative estimate of drug-likeness (QED) is 0.0897. The molecule has 2 rings (SSSR count). The molecule has 2 nitrogen and oxygen atoms in total. The molecule has 0 bridgehead atoms. The Balaban J connectivity index is 1.73. The number of rotatable bonds is 25. The smallest absolute Gasteiger partial charge is 0.160 e. The van der Waals surface area contributed by atoms with Crippen LogP contribution in [0.2, 0.25) is 0 Å². The highest BCUT2D eigenvalue weighted by Gasteiger charge is 2.15. The fourth-order valence-electron chi connectivity index (χ4n) is 5.32. The van der Waals surface area contributed by atoms with Crippen molar-refractivity contribution < 1.29 is 9.59 Å². The van der Waals surface area contributed by atoms with Gasteiger partial charge in [-0.25, -0.2) is 0 Å². The van der Waals surface area contributed by atoms with Gasteiger partial charge in [0.2, 0.25) is 0 Å². The lowest BCUT2D eigenvalue weighted by Crippen LogP contribution is -1.88. The zero-order valence-electron chi connectivity index (χ0n) is 24.5. The van der Waals surface area contributed by atoms with Crippen molar-refractivity contribution in [3.05, 3.63) is 33.0 Å². The molecule has 2 aromatic heterocycles. The molecule has 0 aliphatic rings. The number of hydrogen-bond donors (Lipinski definition) is 0. The fraction of sp³-hybridized carbons (Fsp3) is 0.706. The van der Waals surface area contributed by atoms with Crippen molar-refractivity contribution in [1.82, 2.24) is 0 Å². The van der Waals surface area contributed by atoms with E-state index in [9.17, 15) is 9.59 Å². The van der Waals surface area contributed by atoms with E-state index in [-0.39, 0.29) is 0 Å². The topological polar surface area (TPSA) is 34.1 Å². The van der Waals surface area contributed by atoms with E-state index < -0.39 is 0 Å². The van der Waals surface area contributed by atoms with Crippen molar-refractivity contribution in [3.8, 4) is 9.75 Å². The zero-order valence-corrected chi connectivity index (χ0v) is 26.1. The Bertz CT molecular complexity index is 807. The summed E-state index contributed by atoms with van der Waals surface area (Å²) in [4.78, 5) is 27.5. The second-order valence-electron chi connectivity index (χ2n) is 11.1. The molecule has 0 saturated heterocycles. The van der Waals surface area contributed by atoms with Gasteiger partial charge in [0, 0.05) is 9.75 Å². The molecule has 214 valence electrons. The van der Waals surface area contributed by atoms with Gasteiger partial charge in [-0.2, -0.15) is 0 Å². The molecule has 0 unspecified atom stereocenters. The molecule has 38 heavy (non-hydrogen) atoms. The van der Waals surface area contributed by atoms with Gasteiger partial charge in [0.1, 0.15) is 0 Å². The third kappa shape index (κ3) is 13.2. The molecule has 0 N–H and O–H groups in total. The average Bonchev–Trinajstić information content (AvgIpc) is 3.54. The van der Waals surface area contributed by atoms with Crippen LogP contribution in [0.25, 0.3) is 9.75 Å². The lowest BCUT2D eigenvalue weighted by molar-refractivity contribution is 0.111. The lowest BCUT2D eigenvalue weighted by atomic mass is 10.0. The van der Waals surface area contributed by atoms with Crippen LogP contribution in [0.15, 0.2) is 12.1 Å². The molecule has 0 radical (unpaired) electrons. The predicted molar refractivity (Wildman–Crippen MR) is 170 cm³/mol. The Hall–Kier alpha value is -1.26. The maximum absolute atomic E-state index is 11.8. The molecule has 2 aromatic rings. The van der Waals surface area contributed by atoms with Gasteiger partial charge in [-0.3, -0.25) is 9.59 Å². The Morgan fingerprint density at radius 1 is 0.474 bits per heavy atom. The first-order valence-corrected chi connectivity index (χ1v) is 17.5. The summed E-state index contributed by atoms with van der Waals surface area (Å²) < 4.78 is 0. The summed E-state index contributed by atoms with van der Waals surface area (Å²) in [6.45, 7) is 4.54. The average molecular weight is 559 g/mol. The Morgan fingerprint density at radius 2 is 0.763 bits per heavy atom. The summed E-state index contributed by atoms with van der Waals surface area (Å²) in [5.41, 5.74) is 2.38. The fourth-order valence-corrected chi connectivity index (χ4v) is 7.45. The van der Waals surface area contributed by atoms with Crippen molar-refractivity contribution in [2.75, 3.05) is 0 Å². The van der Waals surface area contributed by atoms with Crippen LogP contribution >= 0.6 is 22.7 Å². The van der Waals surface area contributed by atoms with Gasteiger partial charge in [0.15, 0.2) is 12.6 Å². The van der Waals surface area contributed by atoms with E-state index in [2.05, 4.69) is 26.0 Å². The molecule has 4 heteroatoms. The Morgan fingerprint density at radius 3 is 1.05 bits per heavy atom. The molecular weight excluding hydrogens is 505 g/mol. The Labute approximate surface area is 242 Å². The van der Waals surface area contributed by atoms with E-state index in [0.717, 1.165) is 57.8 Å². The van der Waals surface area contributed by atoms with E-state index >= 15 is 0 Å². The van der Waals surface area contributed by atoms with Crippen molar-refractivity contribution >= 4 is 35.2 Å². The van der Waals surface area contributed by atoms with E-state index in [4.69, 9.17) is 0 Å². The van der Waals surface area contributed by atoms with Gasteiger partial charge in [-0.15, -0.1) is 22.7 Å². The van der Waals surface area contributed by atoms with E-state index in [1.807, 2.05) is 0 Å². The molecular formula is C34H54O2S2. The van der Waals surface area contributed by atoms with Crippen LogP contribution < -0.4 is 0 Å². The van der Waals surface area contributed by atoms with Crippen molar-refractivity contribution in [1.29, 1.82) is 0 Å². The van der Waals surface area contributed by atoms with Crippen LogP contribution in [-0.2, 0) is 12.8 Å². The minimum Gasteiger partial charge on any atom is -0.297 e. The highest BCUT2D eigenvalue weighted by Crippen LogP contribution is 2.38. The van der Waals surface area contributed by atoms with Crippen LogP contribution in [0.1, 0.15) is 173 Å². The first-order valence-electron chi connectivity index (χ1n) is 15.9. The molecule has 0 fully saturated rings. The van der Waals surface area contributed by atoms with Gasteiger partial charge >= 0.3 is 0 Å². The van der Waals surface area contributed by atoms with Crippen LogP contribution in [0.4, 0.5) is 0 Å². The first kappa shape index (κ1) is 32.9. The number of carbonyl (C=O) groups is 2. The number of aldehydes is 2. The van der Waals surface area contributed by atoms with Crippen LogP contribution in [0.3, 0.4) is 0 Å². The summed E-state index contributed by atoms with van der Waals surface area (Å²) in [6.07, 6.45) is 30.6. The molecule has 2 heterocycles. The number of thiophene rings is 2. The minimum atomic E-state index is 0.869.